The fourth-order valence-corrected chi connectivity index (χ4v) is 1.70. The summed E-state index contributed by atoms with van der Waals surface area (Å²) in [7, 11) is 0. The summed E-state index contributed by atoms with van der Waals surface area (Å²) in [5.41, 5.74) is -0.0191. The van der Waals surface area contributed by atoms with Crippen LogP contribution in [-0.4, -0.2) is 0 Å². The van der Waals surface area contributed by atoms with Crippen LogP contribution in [0.3, 0.4) is 0 Å². The summed E-state index contributed by atoms with van der Waals surface area (Å²) in [6.07, 6.45) is -2.53. The Kier molecular flexibility index (Phi) is 2.05. The maximum atomic E-state index is 12.7. The van der Waals surface area contributed by atoms with E-state index in [9.17, 15) is 13.2 Å². The lowest BCUT2D eigenvalue weighted by atomic mass is 9.98. The van der Waals surface area contributed by atoms with Crippen molar-refractivity contribution < 1.29 is 13.2 Å². The lowest BCUT2D eigenvalue weighted by molar-refractivity contribution is -0.138. The van der Waals surface area contributed by atoms with E-state index in [0.29, 0.717) is 5.56 Å². The number of hydrogen-bond donors (Lipinski definition) is 0. The average molecular weight is 199 g/mol. The predicted octanol–water partition coefficient (Wildman–Crippen LogP) is 3.76. The van der Waals surface area contributed by atoms with Gasteiger partial charge in [0.25, 0.3) is 0 Å². The van der Waals surface area contributed by atoms with Crippen LogP contribution in [0.2, 0.25) is 0 Å². The van der Waals surface area contributed by atoms with Crippen molar-refractivity contribution in [3.05, 3.63) is 41.8 Å². The van der Waals surface area contributed by atoms with Gasteiger partial charge in [-0.25, -0.2) is 0 Å². The normalized spacial score (nSPS) is 17.1. The SMILES string of the molecule is [CH2]c1cccc(C2CC2)c1C(F)(F)F. The summed E-state index contributed by atoms with van der Waals surface area (Å²) in [6.45, 7) is 3.44. The van der Waals surface area contributed by atoms with E-state index in [2.05, 4.69) is 6.92 Å². The molecule has 0 bridgehead atoms. The second-order valence-electron chi connectivity index (χ2n) is 3.65. The number of halogens is 3. The molecule has 1 radical (unpaired) electrons. The van der Waals surface area contributed by atoms with Crippen molar-refractivity contribution in [1.29, 1.82) is 0 Å². The van der Waals surface area contributed by atoms with Crippen LogP contribution in [0.1, 0.15) is 35.4 Å². The molecule has 3 heteroatoms. The fourth-order valence-electron chi connectivity index (χ4n) is 1.70. The quantitative estimate of drug-likeness (QED) is 0.645. The van der Waals surface area contributed by atoms with Gasteiger partial charge in [-0.05, 0) is 36.8 Å². The topological polar surface area (TPSA) is 0 Å². The van der Waals surface area contributed by atoms with Crippen LogP contribution in [0.5, 0.6) is 0 Å². The first-order valence-corrected chi connectivity index (χ1v) is 4.52. The maximum Gasteiger partial charge on any atom is 0.416 e. The van der Waals surface area contributed by atoms with Gasteiger partial charge in [-0.3, -0.25) is 0 Å². The van der Waals surface area contributed by atoms with Crippen LogP contribution in [0.15, 0.2) is 18.2 Å². The van der Waals surface area contributed by atoms with Gasteiger partial charge in [0.05, 0.1) is 5.56 Å². The molecule has 1 aliphatic rings. The molecule has 0 amide bonds. The first-order valence-electron chi connectivity index (χ1n) is 4.52. The van der Waals surface area contributed by atoms with E-state index in [4.69, 9.17) is 0 Å². The summed E-state index contributed by atoms with van der Waals surface area (Å²) in [5, 5.41) is 0. The molecule has 1 aromatic carbocycles. The van der Waals surface area contributed by atoms with Crippen LogP contribution < -0.4 is 0 Å². The first kappa shape index (κ1) is 9.56. The Hall–Kier alpha value is -0.990. The van der Waals surface area contributed by atoms with Crippen molar-refractivity contribution in [3.8, 4) is 0 Å². The van der Waals surface area contributed by atoms with Gasteiger partial charge < -0.3 is 0 Å². The third kappa shape index (κ3) is 1.63. The zero-order valence-electron chi connectivity index (χ0n) is 7.56. The van der Waals surface area contributed by atoms with E-state index in [1.807, 2.05) is 0 Å². The van der Waals surface area contributed by atoms with Gasteiger partial charge in [-0.2, -0.15) is 13.2 Å². The minimum atomic E-state index is -4.27. The fraction of sp³-hybridized carbons (Fsp3) is 0.364. The van der Waals surface area contributed by atoms with Crippen molar-refractivity contribution in [2.75, 3.05) is 0 Å². The second kappa shape index (κ2) is 3.01. The molecule has 0 nitrogen and oxygen atoms in total. The molecule has 0 unspecified atom stereocenters. The highest BCUT2D eigenvalue weighted by Crippen LogP contribution is 2.46. The molecule has 1 saturated carbocycles. The molecule has 0 spiro atoms. The van der Waals surface area contributed by atoms with Gasteiger partial charge in [0, 0.05) is 0 Å². The molecule has 75 valence electrons. The van der Waals surface area contributed by atoms with Crippen LogP contribution in [0.4, 0.5) is 13.2 Å². The monoisotopic (exact) mass is 199 g/mol. The van der Waals surface area contributed by atoms with E-state index in [0.717, 1.165) is 12.8 Å². The standard InChI is InChI=1S/C11H10F3/c1-7-3-2-4-9(8-5-6-8)10(7)11(12,13)14/h2-4,8H,1,5-6H2. The smallest absolute Gasteiger partial charge is 0.166 e. The lowest BCUT2D eigenvalue weighted by Gasteiger charge is -2.14. The Bertz CT molecular complexity index is 348. The molecule has 0 saturated heterocycles. The van der Waals surface area contributed by atoms with Gasteiger partial charge >= 0.3 is 6.18 Å². The second-order valence-corrected chi connectivity index (χ2v) is 3.65. The Labute approximate surface area is 80.7 Å². The van der Waals surface area contributed by atoms with Crippen LogP contribution >= 0.6 is 0 Å². The molecule has 1 aliphatic carbocycles. The number of benzene rings is 1. The lowest BCUT2D eigenvalue weighted by Crippen LogP contribution is -2.10. The molecule has 0 aromatic heterocycles. The highest BCUT2D eigenvalue weighted by atomic mass is 19.4. The number of rotatable bonds is 1. The predicted molar refractivity (Wildman–Crippen MR) is 47.9 cm³/mol. The van der Waals surface area contributed by atoms with Crippen LogP contribution in [0.25, 0.3) is 0 Å². The third-order valence-electron chi connectivity index (χ3n) is 2.48. The van der Waals surface area contributed by atoms with Gasteiger partial charge in [0.2, 0.25) is 0 Å². The molecule has 1 aromatic rings. The van der Waals surface area contributed by atoms with Gasteiger partial charge in [-0.15, -0.1) is 0 Å². The zero-order chi connectivity index (χ0) is 10.3. The Morgan fingerprint density at radius 3 is 2.36 bits per heavy atom. The van der Waals surface area contributed by atoms with Crippen LogP contribution in [-0.2, 0) is 6.18 Å². The summed E-state index contributed by atoms with van der Waals surface area (Å²) in [6, 6.07) is 4.62. The molecule has 1 fully saturated rings. The van der Waals surface area contributed by atoms with Crippen molar-refractivity contribution >= 4 is 0 Å². The van der Waals surface area contributed by atoms with Crippen molar-refractivity contribution in [2.24, 2.45) is 0 Å². The van der Waals surface area contributed by atoms with Crippen molar-refractivity contribution in [2.45, 2.75) is 24.9 Å². The molecule has 14 heavy (non-hydrogen) atoms. The van der Waals surface area contributed by atoms with E-state index >= 15 is 0 Å². The van der Waals surface area contributed by atoms with Crippen molar-refractivity contribution in [3.63, 3.8) is 0 Å². The highest BCUT2D eigenvalue weighted by Gasteiger charge is 2.39. The summed E-state index contributed by atoms with van der Waals surface area (Å²) in [5.74, 6) is 0.105. The first-order chi connectivity index (χ1) is 6.50. The van der Waals surface area contributed by atoms with E-state index in [-0.39, 0.29) is 11.5 Å². The Morgan fingerprint density at radius 1 is 1.21 bits per heavy atom. The molecule has 2 rings (SSSR count). The minimum absolute atomic E-state index is 0.0851. The Balaban J connectivity index is 2.53. The van der Waals surface area contributed by atoms with Crippen molar-refractivity contribution in [1.82, 2.24) is 0 Å². The molecule has 0 N–H and O–H groups in total. The number of hydrogen-bond acceptors (Lipinski definition) is 0. The van der Waals surface area contributed by atoms with Gasteiger partial charge in [0.1, 0.15) is 0 Å². The van der Waals surface area contributed by atoms with E-state index < -0.39 is 11.7 Å². The van der Waals surface area contributed by atoms with Gasteiger partial charge in [0.15, 0.2) is 0 Å². The largest absolute Gasteiger partial charge is 0.416 e. The van der Waals surface area contributed by atoms with Gasteiger partial charge in [-0.1, -0.05) is 18.2 Å². The third-order valence-corrected chi connectivity index (χ3v) is 2.48. The number of alkyl halides is 3. The summed E-state index contributed by atoms with van der Waals surface area (Å²) in [4.78, 5) is 0. The maximum absolute atomic E-state index is 12.7. The Morgan fingerprint density at radius 2 is 1.86 bits per heavy atom. The highest BCUT2D eigenvalue weighted by molar-refractivity contribution is 5.42. The molecule has 0 heterocycles. The molecular weight excluding hydrogens is 189 g/mol. The molecule has 0 atom stereocenters. The molecular formula is C11H10F3. The summed E-state index contributed by atoms with van der Waals surface area (Å²) < 4.78 is 38.0. The van der Waals surface area contributed by atoms with E-state index in [1.165, 1.54) is 6.07 Å². The van der Waals surface area contributed by atoms with E-state index in [1.54, 1.807) is 12.1 Å². The molecule has 0 aliphatic heterocycles. The average Bonchev–Trinajstić information content (AvgIpc) is 2.83. The van der Waals surface area contributed by atoms with Crippen LogP contribution in [0, 0.1) is 6.92 Å². The summed E-state index contributed by atoms with van der Waals surface area (Å²) >= 11 is 0. The zero-order valence-corrected chi connectivity index (χ0v) is 7.56. The minimum Gasteiger partial charge on any atom is -0.166 e.